The van der Waals surface area contributed by atoms with Crippen LogP contribution in [-0.4, -0.2) is 36.3 Å². The Morgan fingerprint density at radius 1 is 1.17 bits per heavy atom. The van der Waals surface area contributed by atoms with Gasteiger partial charge in [-0.3, -0.25) is 9.36 Å². The summed E-state index contributed by atoms with van der Waals surface area (Å²) in [6.07, 6.45) is 1.61. The molecule has 1 atom stereocenters. The van der Waals surface area contributed by atoms with Gasteiger partial charge in [-0.15, -0.1) is 0 Å². The monoisotopic (exact) mass is 449 g/mol. The average molecular weight is 450 g/mol. The van der Waals surface area contributed by atoms with Crippen molar-refractivity contribution in [1.29, 1.82) is 0 Å². The average Bonchev–Trinajstić information content (AvgIpc) is 3.36. The largest absolute Gasteiger partial charge is 0.420 e. The first-order chi connectivity index (χ1) is 14.3. The first-order valence-electron chi connectivity index (χ1n) is 9.49. The van der Waals surface area contributed by atoms with Gasteiger partial charge in [0.1, 0.15) is 10.9 Å². The van der Waals surface area contributed by atoms with Gasteiger partial charge in [-0.05, 0) is 50.1 Å². The highest BCUT2D eigenvalue weighted by Gasteiger charge is 2.30. The minimum absolute atomic E-state index is 0.0533. The van der Waals surface area contributed by atoms with Crippen LogP contribution in [-0.2, 0) is 14.8 Å². The Kier molecular flexibility index (Phi) is 5.44. The summed E-state index contributed by atoms with van der Waals surface area (Å²) >= 11 is 6.15. The first kappa shape index (κ1) is 20.6. The molecule has 1 amide bonds. The van der Waals surface area contributed by atoms with Crippen molar-refractivity contribution in [3.8, 4) is 0 Å². The molecule has 1 N–H and O–H groups in total. The van der Waals surface area contributed by atoms with Gasteiger partial charge >= 0.3 is 5.76 Å². The molecule has 0 spiro atoms. The number of carbonyl (C=O) groups is 1. The maximum Gasteiger partial charge on any atom is 0.420 e. The Balaban J connectivity index is 1.62. The zero-order valence-electron chi connectivity index (χ0n) is 16.2. The lowest BCUT2D eigenvalue weighted by atomic mass is 10.2. The minimum atomic E-state index is -3.75. The van der Waals surface area contributed by atoms with E-state index >= 15 is 0 Å². The molecule has 158 valence electrons. The van der Waals surface area contributed by atoms with Gasteiger partial charge in [0.15, 0.2) is 5.58 Å². The fourth-order valence-corrected chi connectivity index (χ4v) is 5.58. The van der Waals surface area contributed by atoms with Crippen molar-refractivity contribution >= 4 is 44.3 Å². The van der Waals surface area contributed by atoms with Crippen molar-refractivity contribution in [3.63, 3.8) is 0 Å². The molecule has 30 heavy (non-hydrogen) atoms. The number of nitrogens with zero attached hydrogens (tertiary/aromatic N) is 2. The fraction of sp³-hybridized carbons (Fsp3) is 0.300. The van der Waals surface area contributed by atoms with Crippen LogP contribution >= 0.6 is 11.6 Å². The van der Waals surface area contributed by atoms with E-state index in [2.05, 4.69) is 5.32 Å². The topological polar surface area (TPSA) is 102 Å². The molecule has 1 aliphatic rings. The highest BCUT2D eigenvalue weighted by atomic mass is 35.5. The number of hydrogen-bond acceptors (Lipinski definition) is 5. The van der Waals surface area contributed by atoms with Crippen molar-refractivity contribution < 1.29 is 17.6 Å². The van der Waals surface area contributed by atoms with Gasteiger partial charge in [0.25, 0.3) is 0 Å². The highest BCUT2D eigenvalue weighted by molar-refractivity contribution is 7.89. The molecule has 1 fully saturated rings. The molecule has 0 bridgehead atoms. The van der Waals surface area contributed by atoms with Crippen molar-refractivity contribution in [2.45, 2.75) is 30.7 Å². The normalized spacial score (nSPS) is 16.1. The molecule has 1 aliphatic heterocycles. The zero-order chi connectivity index (χ0) is 21.5. The van der Waals surface area contributed by atoms with Crippen LogP contribution in [0, 0.1) is 0 Å². The molecule has 0 saturated carbocycles. The number of sulfonamides is 1. The number of carbonyl (C=O) groups excluding carboxylic acids is 1. The van der Waals surface area contributed by atoms with Crippen LogP contribution in [0.25, 0.3) is 11.1 Å². The van der Waals surface area contributed by atoms with E-state index in [9.17, 15) is 18.0 Å². The summed E-state index contributed by atoms with van der Waals surface area (Å²) < 4.78 is 33.6. The molecular formula is C20H20ClN3O5S. The second kappa shape index (κ2) is 7.90. The number of benzene rings is 2. The summed E-state index contributed by atoms with van der Waals surface area (Å²) in [6, 6.07) is 10.2. The summed E-state index contributed by atoms with van der Waals surface area (Å²) in [5.74, 6) is -1.14. The van der Waals surface area contributed by atoms with Crippen LogP contribution in [0.3, 0.4) is 0 Å². The summed E-state index contributed by atoms with van der Waals surface area (Å²) in [5, 5.41) is 2.76. The highest BCUT2D eigenvalue weighted by Crippen LogP contribution is 2.30. The SMILES string of the molecule is CC(C(=O)Nc1ccc(Cl)c(S(=O)(=O)N2CCCC2)c1)n1c(=O)oc2ccccc21. The Bertz CT molecular complexity index is 1280. The number of nitrogens with one attached hydrogen (secondary N) is 1. The number of anilines is 1. The van der Waals surface area contributed by atoms with E-state index in [0.29, 0.717) is 24.2 Å². The molecule has 1 unspecified atom stereocenters. The second-order valence-electron chi connectivity index (χ2n) is 7.13. The fourth-order valence-electron chi connectivity index (χ4n) is 3.56. The smallest absolute Gasteiger partial charge is 0.408 e. The van der Waals surface area contributed by atoms with Gasteiger partial charge in [-0.25, -0.2) is 13.2 Å². The Labute approximate surface area is 178 Å². The van der Waals surface area contributed by atoms with E-state index in [1.54, 1.807) is 31.2 Å². The lowest BCUT2D eigenvalue weighted by Crippen LogP contribution is -2.30. The third kappa shape index (κ3) is 3.64. The second-order valence-corrected chi connectivity index (χ2v) is 9.44. The molecule has 2 aromatic carbocycles. The third-order valence-electron chi connectivity index (χ3n) is 5.17. The van der Waals surface area contributed by atoms with Gasteiger partial charge in [-0.1, -0.05) is 23.7 Å². The molecular weight excluding hydrogens is 430 g/mol. The van der Waals surface area contributed by atoms with E-state index in [1.165, 1.54) is 27.1 Å². The Hall–Kier alpha value is -2.62. The molecule has 1 aromatic heterocycles. The van der Waals surface area contributed by atoms with E-state index in [0.717, 1.165) is 12.8 Å². The predicted octanol–water partition coefficient (Wildman–Crippen LogP) is 3.23. The van der Waals surface area contributed by atoms with E-state index in [-0.39, 0.29) is 15.6 Å². The van der Waals surface area contributed by atoms with Crippen molar-refractivity contribution in [2.75, 3.05) is 18.4 Å². The number of halogens is 1. The van der Waals surface area contributed by atoms with Gasteiger partial charge < -0.3 is 9.73 Å². The lowest BCUT2D eigenvalue weighted by Gasteiger charge is -2.18. The number of aromatic nitrogens is 1. The van der Waals surface area contributed by atoms with Gasteiger partial charge in [0.05, 0.1) is 10.5 Å². The predicted molar refractivity (Wildman–Crippen MR) is 113 cm³/mol. The lowest BCUT2D eigenvalue weighted by molar-refractivity contribution is -0.118. The maximum absolute atomic E-state index is 12.9. The van der Waals surface area contributed by atoms with Crippen molar-refractivity contribution in [3.05, 3.63) is 58.0 Å². The van der Waals surface area contributed by atoms with Crippen LogP contribution < -0.4 is 11.1 Å². The number of oxazole rings is 1. The molecule has 2 heterocycles. The molecule has 0 radical (unpaired) electrons. The molecule has 1 saturated heterocycles. The van der Waals surface area contributed by atoms with Gasteiger partial charge in [0.2, 0.25) is 15.9 Å². The number of amides is 1. The molecule has 3 aromatic rings. The summed E-state index contributed by atoms with van der Waals surface area (Å²) in [6.45, 7) is 2.46. The molecule has 10 heteroatoms. The van der Waals surface area contributed by atoms with Crippen LogP contribution in [0.5, 0.6) is 0 Å². The molecule has 4 rings (SSSR count). The number of para-hydroxylation sites is 2. The summed E-state index contributed by atoms with van der Waals surface area (Å²) in [5.41, 5.74) is 1.15. The third-order valence-corrected chi connectivity index (χ3v) is 7.55. The number of rotatable bonds is 5. The van der Waals surface area contributed by atoms with E-state index in [4.69, 9.17) is 16.0 Å². The number of hydrogen-bond donors (Lipinski definition) is 1. The van der Waals surface area contributed by atoms with Crippen LogP contribution in [0.2, 0.25) is 5.02 Å². The van der Waals surface area contributed by atoms with Crippen LogP contribution in [0.1, 0.15) is 25.8 Å². The van der Waals surface area contributed by atoms with Crippen molar-refractivity contribution in [1.82, 2.24) is 8.87 Å². The van der Waals surface area contributed by atoms with Crippen molar-refractivity contribution in [2.24, 2.45) is 0 Å². The summed E-state index contributed by atoms with van der Waals surface area (Å²) in [4.78, 5) is 25.0. The maximum atomic E-state index is 12.9. The van der Waals surface area contributed by atoms with E-state index in [1.807, 2.05) is 0 Å². The quantitative estimate of drug-likeness (QED) is 0.644. The molecule has 0 aliphatic carbocycles. The molecule has 8 nitrogen and oxygen atoms in total. The number of fused-ring (bicyclic) bond motifs is 1. The summed E-state index contributed by atoms with van der Waals surface area (Å²) in [7, 11) is -3.75. The van der Waals surface area contributed by atoms with Crippen LogP contribution in [0.4, 0.5) is 5.69 Å². The van der Waals surface area contributed by atoms with Gasteiger partial charge in [0, 0.05) is 18.8 Å². The standard InChI is InChI=1S/C20H20ClN3O5S/c1-13(24-16-6-2-3-7-17(16)29-20(24)26)19(25)22-14-8-9-15(21)18(12-14)30(27,28)23-10-4-5-11-23/h2-3,6-9,12-13H,4-5,10-11H2,1H3,(H,22,25). The first-order valence-corrected chi connectivity index (χ1v) is 11.3. The van der Waals surface area contributed by atoms with Gasteiger partial charge in [-0.2, -0.15) is 4.31 Å². The van der Waals surface area contributed by atoms with E-state index < -0.39 is 27.7 Å². The zero-order valence-corrected chi connectivity index (χ0v) is 17.7. The minimum Gasteiger partial charge on any atom is -0.408 e. The Morgan fingerprint density at radius 2 is 1.87 bits per heavy atom. The Morgan fingerprint density at radius 3 is 2.60 bits per heavy atom. The van der Waals surface area contributed by atoms with Crippen LogP contribution in [0.15, 0.2) is 56.6 Å².